The number of rotatable bonds is 7. The zero-order valence-corrected chi connectivity index (χ0v) is 12.1. The van der Waals surface area contributed by atoms with Gasteiger partial charge in [-0.3, -0.25) is 9.69 Å². The Balaban J connectivity index is 2.73. The average Bonchev–Trinajstić information content (AvgIpc) is 2.42. The largest absolute Gasteiger partial charge is 0.369 e. The first-order valence-electron chi connectivity index (χ1n) is 6.94. The summed E-state index contributed by atoms with van der Waals surface area (Å²) >= 11 is 0. The van der Waals surface area contributed by atoms with E-state index in [9.17, 15) is 4.79 Å². The van der Waals surface area contributed by atoms with Crippen LogP contribution in [0.5, 0.6) is 0 Å². The molecule has 0 saturated carbocycles. The first kappa shape index (κ1) is 16.2. The lowest BCUT2D eigenvalue weighted by molar-refractivity contribution is -0.119. The van der Waals surface area contributed by atoms with Gasteiger partial charge in [0.2, 0.25) is 5.91 Å². The Morgan fingerprint density at radius 1 is 1.40 bits per heavy atom. The first-order valence-corrected chi connectivity index (χ1v) is 6.94. The lowest BCUT2D eigenvalue weighted by Crippen LogP contribution is -2.34. The number of primary amides is 1. The van der Waals surface area contributed by atoms with Crippen LogP contribution in [0.25, 0.3) is 0 Å². The Bertz CT molecular complexity index is 488. The van der Waals surface area contributed by atoms with Crippen LogP contribution in [0.4, 0.5) is 0 Å². The zero-order valence-electron chi connectivity index (χ0n) is 12.1. The van der Waals surface area contributed by atoms with E-state index in [-0.39, 0.29) is 5.91 Å². The van der Waals surface area contributed by atoms with Crippen LogP contribution < -0.4 is 11.5 Å². The summed E-state index contributed by atoms with van der Waals surface area (Å²) in [6.45, 7) is 4.36. The third-order valence-corrected chi connectivity index (χ3v) is 2.88. The summed E-state index contributed by atoms with van der Waals surface area (Å²) in [4.78, 5) is 13.2. The summed E-state index contributed by atoms with van der Waals surface area (Å²) in [6.07, 6.45) is 2.15. The van der Waals surface area contributed by atoms with E-state index < -0.39 is 0 Å². The molecule has 0 fully saturated rings. The molecule has 1 amide bonds. The van der Waals surface area contributed by atoms with Crippen LogP contribution in [0.2, 0.25) is 0 Å². The predicted octanol–water partition coefficient (Wildman–Crippen LogP) is 1.08. The second-order valence-electron chi connectivity index (χ2n) is 4.74. The van der Waals surface area contributed by atoms with Gasteiger partial charge in [-0.1, -0.05) is 37.3 Å². The molecule has 0 aliphatic heterocycles. The molecule has 108 valence electrons. The molecule has 0 unspecified atom stereocenters. The number of hydrogen-bond acceptors (Lipinski definition) is 3. The van der Waals surface area contributed by atoms with Crippen LogP contribution in [0, 0.1) is 11.8 Å². The topological polar surface area (TPSA) is 72.3 Å². The molecule has 0 saturated heterocycles. The third kappa shape index (κ3) is 6.37. The van der Waals surface area contributed by atoms with Crippen molar-refractivity contribution in [2.24, 2.45) is 11.5 Å². The number of unbranched alkanes of at least 4 members (excludes halogenated alkanes) is 1. The average molecular weight is 273 g/mol. The molecular formula is C16H23N3O. The maximum atomic E-state index is 11.1. The second-order valence-corrected chi connectivity index (χ2v) is 4.74. The van der Waals surface area contributed by atoms with E-state index in [0.717, 1.165) is 30.5 Å². The van der Waals surface area contributed by atoms with Gasteiger partial charge in [0.25, 0.3) is 0 Å². The highest BCUT2D eigenvalue weighted by Crippen LogP contribution is 2.08. The molecule has 4 N–H and O–H groups in total. The Hall–Kier alpha value is -1.83. The van der Waals surface area contributed by atoms with Gasteiger partial charge in [-0.2, -0.15) is 0 Å². The maximum Gasteiger partial charge on any atom is 0.231 e. The normalized spacial score (nSPS) is 10.2. The Labute approximate surface area is 121 Å². The van der Waals surface area contributed by atoms with Gasteiger partial charge >= 0.3 is 0 Å². The number of nitrogens with two attached hydrogens (primary N) is 2. The van der Waals surface area contributed by atoms with E-state index in [2.05, 4.69) is 23.7 Å². The highest BCUT2D eigenvalue weighted by atomic mass is 16.1. The van der Waals surface area contributed by atoms with Crippen molar-refractivity contribution < 1.29 is 4.79 Å². The second kappa shape index (κ2) is 9.13. The van der Waals surface area contributed by atoms with Crippen LogP contribution in [0.1, 0.15) is 30.9 Å². The number of hydrogen-bond donors (Lipinski definition) is 2. The quantitative estimate of drug-likeness (QED) is 0.730. The standard InChI is InChI=1S/C16H23N3O/c1-2-3-10-19(13-16(18)20)12-15-7-4-6-14(11-15)8-5-9-17/h4,6-7,11H,2-3,9-10,12-13,17H2,1H3,(H2,18,20). The van der Waals surface area contributed by atoms with Crippen molar-refractivity contribution in [1.82, 2.24) is 4.90 Å². The molecule has 1 aromatic carbocycles. The summed E-state index contributed by atoms with van der Waals surface area (Å²) in [7, 11) is 0. The minimum atomic E-state index is -0.291. The predicted molar refractivity (Wildman–Crippen MR) is 81.8 cm³/mol. The van der Waals surface area contributed by atoms with E-state index >= 15 is 0 Å². The fourth-order valence-electron chi connectivity index (χ4n) is 1.97. The van der Waals surface area contributed by atoms with Crippen LogP contribution >= 0.6 is 0 Å². The molecule has 0 heterocycles. The van der Waals surface area contributed by atoms with E-state index in [4.69, 9.17) is 11.5 Å². The minimum absolute atomic E-state index is 0.290. The van der Waals surface area contributed by atoms with Crippen molar-refractivity contribution in [2.75, 3.05) is 19.6 Å². The summed E-state index contributed by atoms with van der Waals surface area (Å²) in [5.41, 5.74) is 12.7. The SMILES string of the molecule is CCCCN(CC(N)=O)Cc1cccc(C#CCN)c1. The molecule has 4 heteroatoms. The van der Waals surface area contributed by atoms with Crippen LogP contribution in [0.15, 0.2) is 24.3 Å². The molecule has 4 nitrogen and oxygen atoms in total. The summed E-state index contributed by atoms with van der Waals surface area (Å²) in [5, 5.41) is 0. The summed E-state index contributed by atoms with van der Waals surface area (Å²) < 4.78 is 0. The number of carbonyl (C=O) groups is 1. The number of nitrogens with zero attached hydrogens (tertiary/aromatic N) is 1. The van der Waals surface area contributed by atoms with Gasteiger partial charge < -0.3 is 11.5 Å². The fraction of sp³-hybridized carbons (Fsp3) is 0.438. The highest BCUT2D eigenvalue weighted by molar-refractivity contribution is 5.75. The summed E-state index contributed by atoms with van der Waals surface area (Å²) in [6, 6.07) is 7.99. The molecule has 1 aromatic rings. The minimum Gasteiger partial charge on any atom is -0.369 e. The molecule has 1 rings (SSSR count). The Morgan fingerprint density at radius 2 is 2.20 bits per heavy atom. The van der Waals surface area contributed by atoms with Crippen molar-refractivity contribution in [3.8, 4) is 11.8 Å². The van der Waals surface area contributed by atoms with Gasteiger partial charge in [-0.25, -0.2) is 0 Å². The molecule has 0 atom stereocenters. The van der Waals surface area contributed by atoms with Crippen molar-refractivity contribution in [1.29, 1.82) is 0 Å². The van der Waals surface area contributed by atoms with E-state index in [1.54, 1.807) is 0 Å². The Kier molecular flexibility index (Phi) is 7.41. The molecule has 20 heavy (non-hydrogen) atoms. The van der Waals surface area contributed by atoms with Crippen LogP contribution in [-0.4, -0.2) is 30.4 Å². The first-order chi connectivity index (χ1) is 9.65. The highest BCUT2D eigenvalue weighted by Gasteiger charge is 2.08. The number of benzene rings is 1. The number of carbonyl (C=O) groups excluding carboxylic acids is 1. The molecule has 0 bridgehead atoms. The molecule has 0 aliphatic carbocycles. The monoisotopic (exact) mass is 273 g/mol. The molecule has 0 spiro atoms. The van der Waals surface area contributed by atoms with Gasteiger partial charge in [0.15, 0.2) is 0 Å². The van der Waals surface area contributed by atoms with Crippen molar-refractivity contribution in [2.45, 2.75) is 26.3 Å². The maximum absolute atomic E-state index is 11.1. The van der Waals surface area contributed by atoms with Gasteiger partial charge in [-0.05, 0) is 30.7 Å². The molecule has 0 radical (unpaired) electrons. The molecule has 0 aromatic heterocycles. The lowest BCUT2D eigenvalue weighted by atomic mass is 10.1. The van der Waals surface area contributed by atoms with E-state index in [0.29, 0.717) is 19.6 Å². The lowest BCUT2D eigenvalue weighted by Gasteiger charge is -2.20. The fourth-order valence-corrected chi connectivity index (χ4v) is 1.97. The summed E-state index contributed by atoms with van der Waals surface area (Å²) in [5.74, 6) is 5.57. The van der Waals surface area contributed by atoms with Gasteiger partial charge in [0.1, 0.15) is 0 Å². The van der Waals surface area contributed by atoms with Gasteiger partial charge in [0.05, 0.1) is 13.1 Å². The van der Waals surface area contributed by atoms with Crippen LogP contribution in [0.3, 0.4) is 0 Å². The van der Waals surface area contributed by atoms with Crippen LogP contribution in [-0.2, 0) is 11.3 Å². The van der Waals surface area contributed by atoms with Gasteiger partial charge in [0, 0.05) is 12.1 Å². The zero-order chi connectivity index (χ0) is 14.8. The Morgan fingerprint density at radius 3 is 2.85 bits per heavy atom. The van der Waals surface area contributed by atoms with E-state index in [1.165, 1.54) is 0 Å². The van der Waals surface area contributed by atoms with Gasteiger partial charge in [-0.15, -0.1) is 0 Å². The third-order valence-electron chi connectivity index (χ3n) is 2.88. The molecule has 0 aliphatic rings. The number of amides is 1. The van der Waals surface area contributed by atoms with Crippen molar-refractivity contribution >= 4 is 5.91 Å². The van der Waals surface area contributed by atoms with E-state index in [1.807, 2.05) is 24.3 Å². The van der Waals surface area contributed by atoms with Crippen molar-refractivity contribution in [3.63, 3.8) is 0 Å². The van der Waals surface area contributed by atoms with Crippen molar-refractivity contribution in [3.05, 3.63) is 35.4 Å². The molecular weight excluding hydrogens is 250 g/mol. The smallest absolute Gasteiger partial charge is 0.231 e.